The van der Waals surface area contributed by atoms with E-state index in [0.717, 1.165) is 22.4 Å². The van der Waals surface area contributed by atoms with E-state index in [9.17, 15) is 9.18 Å². The van der Waals surface area contributed by atoms with Crippen LogP contribution in [0.1, 0.15) is 32.6 Å². The lowest BCUT2D eigenvalue weighted by Crippen LogP contribution is -2.13. The van der Waals surface area contributed by atoms with Crippen LogP contribution in [-0.4, -0.2) is 15.7 Å². The molecule has 0 saturated heterocycles. The predicted octanol–water partition coefficient (Wildman–Crippen LogP) is 5.52. The van der Waals surface area contributed by atoms with Gasteiger partial charge in [-0.05, 0) is 54.8 Å². The minimum atomic E-state index is -0.284. The molecular weight excluding hydrogens is 405 g/mol. The van der Waals surface area contributed by atoms with Crippen molar-refractivity contribution in [1.29, 1.82) is 0 Å². The molecule has 32 heavy (non-hydrogen) atoms. The number of hydrogen-bond acceptors (Lipinski definition) is 3. The number of ether oxygens (including phenoxy) is 1. The Kier molecular flexibility index (Phi) is 6.31. The Morgan fingerprint density at radius 3 is 2.72 bits per heavy atom. The van der Waals surface area contributed by atoms with Gasteiger partial charge >= 0.3 is 0 Å². The maximum absolute atomic E-state index is 13.8. The van der Waals surface area contributed by atoms with Gasteiger partial charge in [-0.2, -0.15) is 5.10 Å². The maximum atomic E-state index is 13.8. The zero-order valence-corrected chi connectivity index (χ0v) is 18.0. The van der Waals surface area contributed by atoms with Gasteiger partial charge in [0.15, 0.2) is 5.82 Å². The third-order valence-corrected chi connectivity index (χ3v) is 5.10. The number of hydrogen-bond donors (Lipinski definition) is 1. The molecule has 162 valence electrons. The van der Waals surface area contributed by atoms with Crippen molar-refractivity contribution in [3.63, 3.8) is 0 Å². The van der Waals surface area contributed by atoms with Gasteiger partial charge in [0.05, 0.1) is 6.54 Å². The summed E-state index contributed by atoms with van der Waals surface area (Å²) in [5.74, 6) is 0.687. The second-order valence-corrected chi connectivity index (χ2v) is 7.70. The Morgan fingerprint density at radius 2 is 1.88 bits per heavy atom. The molecular formula is C26H24FN3O2. The van der Waals surface area contributed by atoms with Crippen molar-refractivity contribution in [2.75, 3.05) is 5.32 Å². The highest BCUT2D eigenvalue weighted by atomic mass is 19.1. The topological polar surface area (TPSA) is 56.1 Å². The summed E-state index contributed by atoms with van der Waals surface area (Å²) in [5, 5.41) is 7.11. The molecule has 0 aliphatic carbocycles. The summed E-state index contributed by atoms with van der Waals surface area (Å²) in [6.45, 7) is 4.68. The number of carbonyl (C=O) groups excluding carboxylic acids is 1. The summed E-state index contributed by atoms with van der Waals surface area (Å²) in [7, 11) is 0. The normalized spacial score (nSPS) is 10.7. The molecule has 5 nitrogen and oxygen atoms in total. The molecule has 1 amide bonds. The number of nitrogens with zero attached hydrogens (tertiary/aromatic N) is 2. The van der Waals surface area contributed by atoms with Gasteiger partial charge in [0.2, 0.25) is 0 Å². The minimum Gasteiger partial charge on any atom is -0.489 e. The predicted molar refractivity (Wildman–Crippen MR) is 122 cm³/mol. The number of nitrogens with one attached hydrogen (secondary N) is 1. The van der Waals surface area contributed by atoms with E-state index in [-0.39, 0.29) is 18.3 Å². The van der Waals surface area contributed by atoms with E-state index < -0.39 is 0 Å². The van der Waals surface area contributed by atoms with E-state index in [4.69, 9.17) is 4.74 Å². The van der Waals surface area contributed by atoms with E-state index in [1.807, 2.05) is 44.2 Å². The number of aryl methyl sites for hydroxylation is 2. The monoisotopic (exact) mass is 429 g/mol. The van der Waals surface area contributed by atoms with Crippen LogP contribution in [0.3, 0.4) is 0 Å². The molecule has 4 aromatic rings. The van der Waals surface area contributed by atoms with Crippen molar-refractivity contribution < 1.29 is 13.9 Å². The SMILES string of the molecule is Cc1ccc(C)c(OCc2cccc(C(=O)Nc3ccn(Cc4ccccc4F)n3)c2)c1. The van der Waals surface area contributed by atoms with Gasteiger partial charge < -0.3 is 10.1 Å². The van der Waals surface area contributed by atoms with Gasteiger partial charge in [0.1, 0.15) is 18.2 Å². The average molecular weight is 429 g/mol. The van der Waals surface area contributed by atoms with E-state index >= 15 is 0 Å². The summed E-state index contributed by atoms with van der Waals surface area (Å²) in [4.78, 5) is 12.7. The maximum Gasteiger partial charge on any atom is 0.256 e. The number of aromatic nitrogens is 2. The number of anilines is 1. The highest BCUT2D eigenvalue weighted by Crippen LogP contribution is 2.21. The quantitative estimate of drug-likeness (QED) is 0.421. The van der Waals surface area contributed by atoms with Crippen LogP contribution in [-0.2, 0) is 13.2 Å². The first-order chi connectivity index (χ1) is 15.5. The fourth-order valence-corrected chi connectivity index (χ4v) is 3.33. The second-order valence-electron chi connectivity index (χ2n) is 7.70. The van der Waals surface area contributed by atoms with Crippen molar-refractivity contribution in [2.45, 2.75) is 27.0 Å². The van der Waals surface area contributed by atoms with Crippen molar-refractivity contribution in [3.8, 4) is 5.75 Å². The molecule has 0 unspecified atom stereocenters. The fourth-order valence-electron chi connectivity index (χ4n) is 3.33. The third kappa shape index (κ3) is 5.21. The lowest BCUT2D eigenvalue weighted by Gasteiger charge is -2.11. The van der Waals surface area contributed by atoms with E-state index in [1.165, 1.54) is 6.07 Å². The average Bonchev–Trinajstić information content (AvgIpc) is 3.23. The van der Waals surface area contributed by atoms with E-state index in [2.05, 4.69) is 10.4 Å². The van der Waals surface area contributed by atoms with Gasteiger partial charge in [0.25, 0.3) is 5.91 Å². The summed E-state index contributed by atoms with van der Waals surface area (Å²) in [6.07, 6.45) is 1.70. The zero-order valence-electron chi connectivity index (χ0n) is 18.0. The van der Waals surface area contributed by atoms with Crippen LogP contribution in [0.2, 0.25) is 0 Å². The summed E-state index contributed by atoms with van der Waals surface area (Å²) >= 11 is 0. The molecule has 0 fully saturated rings. The van der Waals surface area contributed by atoms with E-state index in [1.54, 1.807) is 47.3 Å². The number of amides is 1. The summed E-state index contributed by atoms with van der Waals surface area (Å²) < 4.78 is 21.4. The molecule has 1 aromatic heterocycles. The number of benzene rings is 3. The molecule has 0 saturated carbocycles. The third-order valence-electron chi connectivity index (χ3n) is 5.10. The Bertz CT molecular complexity index is 1250. The van der Waals surface area contributed by atoms with Gasteiger partial charge in [-0.3, -0.25) is 9.48 Å². The highest BCUT2D eigenvalue weighted by molar-refractivity contribution is 6.03. The Hall–Kier alpha value is -3.93. The van der Waals surface area contributed by atoms with Crippen LogP contribution in [0.25, 0.3) is 0 Å². The second kappa shape index (κ2) is 9.47. The first-order valence-electron chi connectivity index (χ1n) is 10.3. The first kappa shape index (κ1) is 21.3. The van der Waals surface area contributed by atoms with Crippen molar-refractivity contribution in [3.05, 3.63) is 113 Å². The fraction of sp³-hybridized carbons (Fsp3) is 0.154. The van der Waals surface area contributed by atoms with Crippen LogP contribution in [0.5, 0.6) is 5.75 Å². The molecule has 4 rings (SSSR count). The van der Waals surface area contributed by atoms with Gasteiger partial charge in [-0.15, -0.1) is 0 Å². The molecule has 1 heterocycles. The molecule has 0 bridgehead atoms. The molecule has 0 spiro atoms. The van der Waals surface area contributed by atoms with Crippen LogP contribution < -0.4 is 10.1 Å². The zero-order chi connectivity index (χ0) is 22.5. The standard InChI is InChI=1S/C26H24FN3O2/c1-18-10-11-19(2)24(14-18)32-17-20-6-5-8-21(15-20)26(31)28-25-12-13-30(29-25)16-22-7-3-4-9-23(22)27/h3-15H,16-17H2,1-2H3,(H,28,29,31). The van der Waals surface area contributed by atoms with Crippen LogP contribution in [0, 0.1) is 19.7 Å². The van der Waals surface area contributed by atoms with Gasteiger partial charge in [0, 0.05) is 23.4 Å². The summed E-state index contributed by atoms with van der Waals surface area (Å²) in [5.41, 5.74) is 4.13. The first-order valence-corrected chi connectivity index (χ1v) is 10.3. The molecule has 0 aliphatic heterocycles. The Labute approximate surface area is 186 Å². The molecule has 6 heteroatoms. The van der Waals surface area contributed by atoms with Gasteiger partial charge in [-0.1, -0.05) is 42.5 Å². The lowest BCUT2D eigenvalue weighted by atomic mass is 10.1. The molecule has 1 N–H and O–H groups in total. The Balaban J connectivity index is 1.39. The van der Waals surface area contributed by atoms with Gasteiger partial charge in [-0.25, -0.2) is 4.39 Å². The smallest absolute Gasteiger partial charge is 0.256 e. The molecule has 0 atom stereocenters. The van der Waals surface area contributed by atoms with E-state index in [0.29, 0.717) is 23.6 Å². The number of rotatable bonds is 7. The molecule has 3 aromatic carbocycles. The minimum absolute atomic E-state index is 0.269. The Morgan fingerprint density at radius 1 is 1.03 bits per heavy atom. The number of halogens is 1. The van der Waals surface area contributed by atoms with Crippen LogP contribution >= 0.6 is 0 Å². The van der Waals surface area contributed by atoms with Crippen LogP contribution in [0.15, 0.2) is 79.0 Å². The van der Waals surface area contributed by atoms with Crippen molar-refractivity contribution >= 4 is 11.7 Å². The van der Waals surface area contributed by atoms with Crippen LogP contribution in [0.4, 0.5) is 10.2 Å². The molecule has 0 radical (unpaired) electrons. The molecule has 0 aliphatic rings. The highest BCUT2D eigenvalue weighted by Gasteiger charge is 2.10. The largest absolute Gasteiger partial charge is 0.489 e. The summed E-state index contributed by atoms with van der Waals surface area (Å²) in [6, 6.07) is 21.6. The number of carbonyl (C=O) groups is 1. The lowest BCUT2D eigenvalue weighted by molar-refractivity contribution is 0.102. The van der Waals surface area contributed by atoms with Crippen molar-refractivity contribution in [1.82, 2.24) is 9.78 Å². The van der Waals surface area contributed by atoms with Crippen molar-refractivity contribution in [2.24, 2.45) is 0 Å².